The molecule has 62 valence electrons. The molecule has 0 amide bonds. The highest BCUT2D eigenvalue weighted by atomic mass is 15.1. The molecule has 0 fully saturated rings. The molecule has 0 radical (unpaired) electrons. The SMILES string of the molecule is Cn1ccnc1Cn1ccnc1. The summed E-state index contributed by atoms with van der Waals surface area (Å²) >= 11 is 0. The van der Waals surface area contributed by atoms with Gasteiger partial charge in [-0.3, -0.25) is 0 Å². The van der Waals surface area contributed by atoms with Gasteiger partial charge in [-0.2, -0.15) is 0 Å². The molecule has 0 unspecified atom stereocenters. The summed E-state index contributed by atoms with van der Waals surface area (Å²) in [7, 11) is 1.99. The first kappa shape index (κ1) is 7.09. The molecule has 2 heterocycles. The summed E-state index contributed by atoms with van der Waals surface area (Å²) in [5, 5.41) is 0. The highest BCUT2D eigenvalue weighted by molar-refractivity contribution is 4.93. The van der Waals surface area contributed by atoms with Crippen LogP contribution in [-0.2, 0) is 13.6 Å². The summed E-state index contributed by atoms with van der Waals surface area (Å²) in [6, 6.07) is 0. The molecule has 2 aromatic rings. The molecule has 0 aliphatic rings. The zero-order chi connectivity index (χ0) is 8.39. The standard InChI is InChI=1S/C8H10N4/c1-11-4-3-10-8(11)6-12-5-2-9-7-12/h2-5,7H,6H2,1H3. The van der Waals surface area contributed by atoms with E-state index >= 15 is 0 Å². The van der Waals surface area contributed by atoms with Gasteiger partial charge in [0.05, 0.1) is 12.9 Å². The van der Waals surface area contributed by atoms with E-state index in [4.69, 9.17) is 0 Å². The molecule has 2 aromatic heterocycles. The van der Waals surface area contributed by atoms with Gasteiger partial charge in [0.1, 0.15) is 5.82 Å². The average Bonchev–Trinajstić information content (AvgIpc) is 2.65. The minimum absolute atomic E-state index is 0.781. The van der Waals surface area contributed by atoms with Gasteiger partial charge in [0.2, 0.25) is 0 Å². The molecule has 4 heteroatoms. The Bertz CT molecular complexity index is 347. The van der Waals surface area contributed by atoms with Crippen molar-refractivity contribution in [2.75, 3.05) is 0 Å². The Hall–Kier alpha value is -1.58. The van der Waals surface area contributed by atoms with Gasteiger partial charge in [-0.25, -0.2) is 9.97 Å². The molecule has 2 rings (SSSR count). The molecule has 4 nitrogen and oxygen atoms in total. The second-order valence-corrected chi connectivity index (χ2v) is 2.69. The van der Waals surface area contributed by atoms with Gasteiger partial charge in [0, 0.05) is 31.8 Å². The lowest BCUT2D eigenvalue weighted by Crippen LogP contribution is -2.03. The number of imidazole rings is 2. The predicted octanol–water partition coefficient (Wildman–Crippen LogP) is 0.665. The van der Waals surface area contributed by atoms with Crippen LogP contribution >= 0.6 is 0 Å². The summed E-state index contributed by atoms with van der Waals surface area (Å²) in [6.07, 6.45) is 9.21. The number of aryl methyl sites for hydroxylation is 1. The van der Waals surface area contributed by atoms with E-state index in [1.54, 1.807) is 18.7 Å². The van der Waals surface area contributed by atoms with Crippen molar-refractivity contribution in [3.05, 3.63) is 36.9 Å². The molecular formula is C8H10N4. The van der Waals surface area contributed by atoms with Crippen molar-refractivity contribution in [1.82, 2.24) is 19.1 Å². The third kappa shape index (κ3) is 1.23. The lowest BCUT2D eigenvalue weighted by molar-refractivity contribution is 0.699. The molecule has 0 aromatic carbocycles. The first-order valence-electron chi connectivity index (χ1n) is 3.78. The molecule has 0 N–H and O–H groups in total. The Morgan fingerprint density at radius 3 is 2.83 bits per heavy atom. The van der Waals surface area contributed by atoms with Crippen LogP contribution in [0.15, 0.2) is 31.1 Å². The fourth-order valence-electron chi connectivity index (χ4n) is 1.09. The van der Waals surface area contributed by atoms with Gasteiger partial charge in [0.15, 0.2) is 0 Å². The second-order valence-electron chi connectivity index (χ2n) is 2.69. The number of rotatable bonds is 2. The third-order valence-electron chi connectivity index (χ3n) is 1.80. The lowest BCUT2D eigenvalue weighted by Gasteiger charge is -2.01. The van der Waals surface area contributed by atoms with Crippen molar-refractivity contribution < 1.29 is 0 Å². The zero-order valence-electron chi connectivity index (χ0n) is 6.88. The number of hydrogen-bond donors (Lipinski definition) is 0. The molecule has 12 heavy (non-hydrogen) atoms. The van der Waals surface area contributed by atoms with E-state index in [0.29, 0.717) is 0 Å². The Morgan fingerprint density at radius 2 is 2.25 bits per heavy atom. The van der Waals surface area contributed by atoms with Crippen LogP contribution in [0.25, 0.3) is 0 Å². The topological polar surface area (TPSA) is 35.6 Å². The van der Waals surface area contributed by atoms with Crippen LogP contribution in [0.2, 0.25) is 0 Å². The van der Waals surface area contributed by atoms with E-state index in [0.717, 1.165) is 12.4 Å². The van der Waals surface area contributed by atoms with E-state index in [2.05, 4.69) is 9.97 Å². The van der Waals surface area contributed by atoms with Crippen molar-refractivity contribution in [3.8, 4) is 0 Å². The van der Waals surface area contributed by atoms with Gasteiger partial charge in [0.25, 0.3) is 0 Å². The summed E-state index contributed by atoms with van der Waals surface area (Å²) in [6.45, 7) is 0.781. The number of aromatic nitrogens is 4. The highest BCUT2D eigenvalue weighted by Gasteiger charge is 1.98. The summed E-state index contributed by atoms with van der Waals surface area (Å²) in [5.41, 5.74) is 0. The lowest BCUT2D eigenvalue weighted by atomic mass is 10.6. The highest BCUT2D eigenvalue weighted by Crippen LogP contribution is 1.97. The number of hydrogen-bond acceptors (Lipinski definition) is 2. The first-order chi connectivity index (χ1) is 5.86. The zero-order valence-corrected chi connectivity index (χ0v) is 6.88. The maximum atomic E-state index is 4.20. The molecule has 0 bridgehead atoms. The maximum absolute atomic E-state index is 4.20. The fraction of sp³-hybridized carbons (Fsp3) is 0.250. The average molecular weight is 162 g/mol. The minimum Gasteiger partial charge on any atom is -0.337 e. The normalized spacial score (nSPS) is 10.4. The second kappa shape index (κ2) is 2.81. The van der Waals surface area contributed by atoms with E-state index in [1.807, 2.05) is 28.6 Å². The predicted molar refractivity (Wildman–Crippen MR) is 44.5 cm³/mol. The first-order valence-corrected chi connectivity index (χ1v) is 3.78. The van der Waals surface area contributed by atoms with E-state index in [1.165, 1.54) is 0 Å². The summed E-state index contributed by atoms with van der Waals surface area (Å²) in [4.78, 5) is 8.16. The molecule has 0 aliphatic carbocycles. The van der Waals surface area contributed by atoms with Gasteiger partial charge in [-0.1, -0.05) is 0 Å². The van der Waals surface area contributed by atoms with Crippen LogP contribution in [0.5, 0.6) is 0 Å². The van der Waals surface area contributed by atoms with Crippen LogP contribution in [0.1, 0.15) is 5.82 Å². The Kier molecular flexibility index (Phi) is 1.66. The maximum Gasteiger partial charge on any atom is 0.128 e. The number of nitrogens with zero attached hydrogens (tertiary/aromatic N) is 4. The minimum atomic E-state index is 0.781. The monoisotopic (exact) mass is 162 g/mol. The Morgan fingerprint density at radius 1 is 1.33 bits per heavy atom. The molecular weight excluding hydrogens is 152 g/mol. The van der Waals surface area contributed by atoms with Crippen molar-refractivity contribution in [2.24, 2.45) is 7.05 Å². The van der Waals surface area contributed by atoms with Crippen LogP contribution in [0, 0.1) is 0 Å². The van der Waals surface area contributed by atoms with Gasteiger partial charge in [-0.15, -0.1) is 0 Å². The van der Waals surface area contributed by atoms with E-state index in [9.17, 15) is 0 Å². The molecule has 0 saturated carbocycles. The van der Waals surface area contributed by atoms with Crippen LogP contribution < -0.4 is 0 Å². The van der Waals surface area contributed by atoms with Crippen molar-refractivity contribution in [1.29, 1.82) is 0 Å². The molecule has 0 aliphatic heterocycles. The summed E-state index contributed by atoms with van der Waals surface area (Å²) < 4.78 is 3.99. The Labute approximate surface area is 70.5 Å². The molecule has 0 atom stereocenters. The smallest absolute Gasteiger partial charge is 0.128 e. The van der Waals surface area contributed by atoms with E-state index < -0.39 is 0 Å². The van der Waals surface area contributed by atoms with Crippen LogP contribution in [0.4, 0.5) is 0 Å². The van der Waals surface area contributed by atoms with Crippen molar-refractivity contribution in [3.63, 3.8) is 0 Å². The fourth-order valence-corrected chi connectivity index (χ4v) is 1.09. The molecule has 0 saturated heterocycles. The quantitative estimate of drug-likeness (QED) is 0.650. The van der Waals surface area contributed by atoms with E-state index in [-0.39, 0.29) is 0 Å². The van der Waals surface area contributed by atoms with Crippen LogP contribution in [-0.4, -0.2) is 19.1 Å². The Balaban J connectivity index is 2.20. The molecule has 0 spiro atoms. The van der Waals surface area contributed by atoms with Gasteiger partial charge in [-0.05, 0) is 0 Å². The van der Waals surface area contributed by atoms with Crippen molar-refractivity contribution in [2.45, 2.75) is 6.54 Å². The van der Waals surface area contributed by atoms with Crippen molar-refractivity contribution >= 4 is 0 Å². The van der Waals surface area contributed by atoms with Gasteiger partial charge >= 0.3 is 0 Å². The largest absolute Gasteiger partial charge is 0.337 e. The summed E-state index contributed by atoms with van der Waals surface area (Å²) in [5.74, 6) is 1.04. The third-order valence-corrected chi connectivity index (χ3v) is 1.80. The van der Waals surface area contributed by atoms with Crippen LogP contribution in [0.3, 0.4) is 0 Å². The van der Waals surface area contributed by atoms with Gasteiger partial charge < -0.3 is 9.13 Å².